The first-order chi connectivity index (χ1) is 18.0. The predicted octanol–water partition coefficient (Wildman–Crippen LogP) is 2.00. The van der Waals surface area contributed by atoms with Gasteiger partial charge in [0.25, 0.3) is 5.91 Å². The molecule has 1 amide bonds. The lowest BCUT2D eigenvalue weighted by molar-refractivity contribution is 0.0957. The second-order valence-electron chi connectivity index (χ2n) is 9.43. The first kappa shape index (κ1) is 24.7. The number of ether oxygens (including phenoxy) is 1. The minimum atomic E-state index is -0.288. The molecule has 3 heterocycles. The molecular formula is C28H30N6O3. The highest BCUT2D eigenvalue weighted by Gasteiger charge is 2.46. The lowest BCUT2D eigenvalue weighted by Gasteiger charge is -2.42. The number of hydrogen-bond donors (Lipinski definition) is 3. The van der Waals surface area contributed by atoms with Gasteiger partial charge in [0.15, 0.2) is 5.82 Å². The molecule has 3 aromatic rings. The molecule has 1 aromatic carbocycles. The lowest BCUT2D eigenvalue weighted by Crippen LogP contribution is -2.45. The van der Waals surface area contributed by atoms with Crippen molar-refractivity contribution < 1.29 is 14.6 Å². The summed E-state index contributed by atoms with van der Waals surface area (Å²) >= 11 is 0. The minimum absolute atomic E-state index is 0.0525. The molecule has 1 aliphatic carbocycles. The average Bonchev–Trinajstić information content (AvgIpc) is 3.22. The Morgan fingerprint density at radius 2 is 2.08 bits per heavy atom. The summed E-state index contributed by atoms with van der Waals surface area (Å²) < 4.78 is 5.61. The first-order valence-corrected chi connectivity index (χ1v) is 12.4. The first-order valence-electron chi connectivity index (χ1n) is 12.4. The van der Waals surface area contributed by atoms with E-state index in [4.69, 9.17) is 10.5 Å². The summed E-state index contributed by atoms with van der Waals surface area (Å²) in [6, 6.07) is 11.8. The van der Waals surface area contributed by atoms with Gasteiger partial charge in [0.1, 0.15) is 29.4 Å². The van der Waals surface area contributed by atoms with E-state index in [2.05, 4.69) is 61.3 Å². The van der Waals surface area contributed by atoms with E-state index in [0.717, 1.165) is 32.4 Å². The molecule has 9 nitrogen and oxygen atoms in total. The number of nitrogens with two attached hydrogens (primary N) is 1. The Hall–Kier alpha value is -4.00. The average molecular weight is 499 g/mol. The fourth-order valence-electron chi connectivity index (χ4n) is 5.32. The van der Waals surface area contributed by atoms with Gasteiger partial charge in [-0.25, -0.2) is 9.97 Å². The van der Waals surface area contributed by atoms with E-state index in [1.807, 2.05) is 0 Å². The maximum absolute atomic E-state index is 11.7. The van der Waals surface area contributed by atoms with E-state index in [9.17, 15) is 9.90 Å². The van der Waals surface area contributed by atoms with E-state index in [-0.39, 0.29) is 36.3 Å². The summed E-state index contributed by atoms with van der Waals surface area (Å²) in [5.74, 6) is 6.74. The van der Waals surface area contributed by atoms with Crippen molar-refractivity contribution in [3.8, 4) is 17.6 Å². The van der Waals surface area contributed by atoms with Gasteiger partial charge in [0.05, 0.1) is 12.8 Å². The molecule has 2 aromatic heterocycles. The quantitative estimate of drug-likeness (QED) is 0.456. The number of aromatic nitrogens is 3. The molecule has 37 heavy (non-hydrogen) atoms. The van der Waals surface area contributed by atoms with Gasteiger partial charge in [-0.2, -0.15) is 0 Å². The van der Waals surface area contributed by atoms with Crippen molar-refractivity contribution in [1.29, 1.82) is 0 Å². The molecule has 2 aliphatic rings. The number of rotatable bonds is 5. The van der Waals surface area contributed by atoms with Gasteiger partial charge in [-0.05, 0) is 47.8 Å². The normalized spacial score (nSPS) is 17.6. The maximum Gasteiger partial charge on any atom is 0.269 e. The maximum atomic E-state index is 11.7. The summed E-state index contributed by atoms with van der Waals surface area (Å²) in [6.07, 6.45) is 6.07. The number of hydrogen-bond acceptors (Lipinski definition) is 8. The number of benzene rings is 1. The number of aliphatic hydroxyl groups is 1. The highest BCUT2D eigenvalue weighted by Crippen LogP contribution is 2.50. The van der Waals surface area contributed by atoms with E-state index in [1.54, 1.807) is 25.4 Å². The zero-order chi connectivity index (χ0) is 25.8. The summed E-state index contributed by atoms with van der Waals surface area (Å²) in [4.78, 5) is 27.0. The molecule has 1 aliphatic heterocycles. The summed E-state index contributed by atoms with van der Waals surface area (Å²) in [7, 11) is 1.54. The van der Waals surface area contributed by atoms with Crippen LogP contribution in [0, 0.1) is 17.3 Å². The fraction of sp³-hybridized carbons (Fsp3) is 0.357. The smallest absolute Gasteiger partial charge is 0.269 e. The number of nitrogens with zero attached hydrogens (tertiary/aromatic N) is 4. The molecule has 1 saturated heterocycles. The largest absolute Gasteiger partial charge is 0.481 e. The van der Waals surface area contributed by atoms with E-state index in [1.165, 1.54) is 17.3 Å². The molecule has 9 heteroatoms. The molecule has 5 rings (SSSR count). The zero-order valence-corrected chi connectivity index (χ0v) is 20.8. The topological polar surface area (TPSA) is 126 Å². The number of amides is 1. The number of carbonyl (C=O) groups is 1. The van der Waals surface area contributed by atoms with Gasteiger partial charge in [0, 0.05) is 38.4 Å². The molecule has 1 fully saturated rings. The number of nitrogens with one attached hydrogen (secondary N) is 1. The third-order valence-electron chi connectivity index (χ3n) is 7.34. The van der Waals surface area contributed by atoms with Crippen molar-refractivity contribution in [2.45, 2.75) is 31.9 Å². The molecule has 190 valence electrons. The van der Waals surface area contributed by atoms with Crippen LogP contribution in [0.25, 0.3) is 0 Å². The summed E-state index contributed by atoms with van der Waals surface area (Å²) in [6.45, 7) is 1.50. The van der Waals surface area contributed by atoms with Crippen LogP contribution in [0.4, 0.5) is 5.82 Å². The predicted molar refractivity (Wildman–Crippen MR) is 139 cm³/mol. The molecular weight excluding hydrogens is 468 g/mol. The Morgan fingerprint density at radius 3 is 2.84 bits per heavy atom. The Morgan fingerprint density at radius 1 is 1.27 bits per heavy atom. The van der Waals surface area contributed by atoms with Crippen LogP contribution in [0.3, 0.4) is 0 Å². The highest BCUT2D eigenvalue weighted by atomic mass is 16.5. The summed E-state index contributed by atoms with van der Waals surface area (Å²) in [5.41, 5.74) is 10.7. The number of anilines is 1. The van der Waals surface area contributed by atoms with Gasteiger partial charge in [-0.3, -0.25) is 9.78 Å². The third-order valence-corrected chi connectivity index (χ3v) is 7.34. The highest BCUT2D eigenvalue weighted by molar-refractivity contribution is 5.92. The number of fused-ring (bicyclic) bond motifs is 1. The summed E-state index contributed by atoms with van der Waals surface area (Å²) in [5, 5.41) is 12.5. The van der Waals surface area contributed by atoms with Gasteiger partial charge in [-0.15, -0.1) is 0 Å². The van der Waals surface area contributed by atoms with Crippen molar-refractivity contribution in [2.75, 3.05) is 31.6 Å². The molecule has 0 saturated carbocycles. The second kappa shape index (κ2) is 10.5. The van der Waals surface area contributed by atoms with Crippen LogP contribution in [0.5, 0.6) is 5.75 Å². The molecule has 0 radical (unpaired) electrons. The van der Waals surface area contributed by atoms with Gasteiger partial charge >= 0.3 is 0 Å². The van der Waals surface area contributed by atoms with Gasteiger partial charge in [-0.1, -0.05) is 30.2 Å². The fourth-order valence-corrected chi connectivity index (χ4v) is 5.32. The molecule has 4 N–H and O–H groups in total. The van der Waals surface area contributed by atoms with Crippen LogP contribution in [0.1, 0.15) is 51.9 Å². The van der Waals surface area contributed by atoms with E-state index in [0.29, 0.717) is 23.0 Å². The van der Waals surface area contributed by atoms with Gasteiger partial charge < -0.3 is 25.8 Å². The van der Waals surface area contributed by atoms with E-state index >= 15 is 0 Å². The van der Waals surface area contributed by atoms with Crippen LogP contribution in [0.2, 0.25) is 0 Å². The Labute approximate surface area is 216 Å². The van der Waals surface area contributed by atoms with Crippen molar-refractivity contribution in [1.82, 2.24) is 20.3 Å². The standard InChI is InChI=1S/C28H30N6O3/c1-30-27(36)23-15-21(8-11-31-23)37-14-4-6-20-17-32-26(24(18-35)33-20)34-12-9-28(10-13-34)16-19-5-2-3-7-22(19)25(28)29/h2-3,5,7-8,11,15,17,25,35H,9-10,12-14,16,18,29H2,1H3,(H,30,36). The lowest BCUT2D eigenvalue weighted by atomic mass is 9.73. The van der Waals surface area contributed by atoms with Crippen molar-refractivity contribution in [3.63, 3.8) is 0 Å². The molecule has 1 spiro atoms. The van der Waals surface area contributed by atoms with E-state index < -0.39 is 0 Å². The molecule has 1 atom stereocenters. The third kappa shape index (κ3) is 4.99. The second-order valence-corrected chi connectivity index (χ2v) is 9.43. The number of piperidine rings is 1. The molecule has 0 bridgehead atoms. The van der Waals surface area contributed by atoms with Crippen LogP contribution in [-0.2, 0) is 13.0 Å². The monoisotopic (exact) mass is 498 g/mol. The van der Waals surface area contributed by atoms with Gasteiger partial charge in [0.2, 0.25) is 0 Å². The SMILES string of the molecule is CNC(=O)c1cc(OCC#Cc2cnc(N3CCC4(CC3)Cc3ccccc3C4N)c(CO)n2)ccn1. The van der Waals surface area contributed by atoms with Crippen LogP contribution in [-0.4, -0.2) is 52.7 Å². The number of pyridine rings is 1. The van der Waals surface area contributed by atoms with Crippen LogP contribution >= 0.6 is 0 Å². The van der Waals surface area contributed by atoms with Crippen molar-refractivity contribution in [2.24, 2.45) is 11.1 Å². The van der Waals surface area contributed by atoms with Crippen LogP contribution < -0.4 is 20.7 Å². The van der Waals surface area contributed by atoms with Crippen molar-refractivity contribution in [3.05, 3.63) is 77.0 Å². The minimum Gasteiger partial charge on any atom is -0.481 e. The Kier molecular flexibility index (Phi) is 7.04. The molecule has 1 unspecified atom stereocenters. The van der Waals surface area contributed by atoms with Crippen molar-refractivity contribution >= 4 is 11.7 Å². The number of aliphatic hydroxyl groups excluding tert-OH is 1. The zero-order valence-electron chi connectivity index (χ0n) is 20.8. The van der Waals surface area contributed by atoms with Crippen LogP contribution in [0.15, 0.2) is 48.8 Å². The Bertz CT molecular complexity index is 1360. The Balaban J connectivity index is 1.21. The number of carbonyl (C=O) groups excluding carboxylic acids is 1.